The van der Waals surface area contributed by atoms with Crippen molar-refractivity contribution < 1.29 is 9.18 Å². The van der Waals surface area contributed by atoms with Crippen LogP contribution in [0.5, 0.6) is 0 Å². The molecule has 0 aliphatic carbocycles. The first-order valence-corrected chi connectivity index (χ1v) is 7.30. The summed E-state index contributed by atoms with van der Waals surface area (Å²) in [5, 5.41) is 14.5. The number of carbonyl (C=O) groups excluding carboxylic acids is 1. The van der Waals surface area contributed by atoms with Crippen LogP contribution >= 0.6 is 0 Å². The summed E-state index contributed by atoms with van der Waals surface area (Å²) in [6.45, 7) is 0. The molecule has 0 saturated carbocycles. The van der Waals surface area contributed by atoms with Gasteiger partial charge in [-0.3, -0.25) is 4.79 Å². The molecule has 7 heteroatoms. The third-order valence-corrected chi connectivity index (χ3v) is 3.25. The highest BCUT2D eigenvalue weighted by molar-refractivity contribution is 6.02. The molecule has 2 aromatic carbocycles. The molecule has 0 saturated heterocycles. The van der Waals surface area contributed by atoms with Gasteiger partial charge in [-0.25, -0.2) is 14.4 Å². The fourth-order valence-electron chi connectivity index (χ4n) is 2.05. The van der Waals surface area contributed by atoms with Crippen LogP contribution in [-0.4, -0.2) is 15.9 Å². The normalized spacial score (nSPS) is 9.92. The second-order valence-corrected chi connectivity index (χ2v) is 5.07. The molecule has 0 radical (unpaired) electrons. The van der Waals surface area contributed by atoms with E-state index in [2.05, 4.69) is 26.7 Å². The smallest absolute Gasteiger partial charge is 0.275 e. The van der Waals surface area contributed by atoms with Gasteiger partial charge in [-0.2, -0.15) is 5.26 Å². The summed E-state index contributed by atoms with van der Waals surface area (Å²) in [7, 11) is 0. The molecule has 0 spiro atoms. The highest BCUT2D eigenvalue weighted by Gasteiger charge is 2.09. The van der Waals surface area contributed by atoms with E-state index in [1.807, 2.05) is 0 Å². The maximum Gasteiger partial charge on any atom is 0.275 e. The van der Waals surface area contributed by atoms with Gasteiger partial charge in [-0.15, -0.1) is 0 Å². The first-order chi connectivity index (χ1) is 12.1. The van der Waals surface area contributed by atoms with Crippen molar-refractivity contribution in [3.63, 3.8) is 0 Å². The molecule has 0 aliphatic rings. The van der Waals surface area contributed by atoms with E-state index in [0.717, 1.165) is 0 Å². The van der Waals surface area contributed by atoms with Crippen molar-refractivity contribution in [3.8, 4) is 6.07 Å². The van der Waals surface area contributed by atoms with Crippen LogP contribution < -0.4 is 10.6 Å². The Morgan fingerprint density at radius 1 is 1.04 bits per heavy atom. The van der Waals surface area contributed by atoms with E-state index in [4.69, 9.17) is 5.26 Å². The van der Waals surface area contributed by atoms with Crippen LogP contribution in [0, 0.1) is 17.1 Å². The number of carbonyl (C=O) groups is 1. The summed E-state index contributed by atoms with van der Waals surface area (Å²) < 4.78 is 12.9. The Kier molecular flexibility index (Phi) is 4.62. The monoisotopic (exact) mass is 333 g/mol. The van der Waals surface area contributed by atoms with Gasteiger partial charge >= 0.3 is 0 Å². The van der Waals surface area contributed by atoms with Crippen molar-refractivity contribution in [2.24, 2.45) is 0 Å². The van der Waals surface area contributed by atoms with Gasteiger partial charge in [0.15, 0.2) is 0 Å². The lowest BCUT2D eigenvalue weighted by Crippen LogP contribution is -2.14. The highest BCUT2D eigenvalue weighted by Crippen LogP contribution is 2.15. The molecule has 0 bridgehead atoms. The summed E-state index contributed by atoms with van der Waals surface area (Å²) in [5.74, 6) is -0.390. The van der Waals surface area contributed by atoms with Gasteiger partial charge in [0.1, 0.15) is 17.3 Å². The molecular weight excluding hydrogens is 321 g/mol. The average molecular weight is 333 g/mol. The van der Waals surface area contributed by atoms with Gasteiger partial charge in [0.2, 0.25) is 0 Å². The van der Waals surface area contributed by atoms with Gasteiger partial charge in [0.25, 0.3) is 5.91 Å². The number of aromatic nitrogens is 2. The quantitative estimate of drug-likeness (QED) is 0.763. The molecular formula is C18H12FN5O. The molecule has 122 valence electrons. The first kappa shape index (κ1) is 16.1. The second kappa shape index (κ2) is 7.19. The predicted molar refractivity (Wildman–Crippen MR) is 90.8 cm³/mol. The number of halogens is 1. The minimum Gasteiger partial charge on any atom is -0.339 e. The van der Waals surface area contributed by atoms with Gasteiger partial charge < -0.3 is 10.6 Å². The van der Waals surface area contributed by atoms with E-state index in [9.17, 15) is 9.18 Å². The summed E-state index contributed by atoms with van der Waals surface area (Å²) in [5.41, 5.74) is 1.80. The lowest BCUT2D eigenvalue weighted by Gasteiger charge is -2.07. The lowest BCUT2D eigenvalue weighted by molar-refractivity contribution is 0.102. The van der Waals surface area contributed by atoms with E-state index in [0.29, 0.717) is 22.8 Å². The number of nitriles is 1. The molecule has 2 N–H and O–H groups in total. The Morgan fingerprint density at radius 3 is 2.52 bits per heavy atom. The van der Waals surface area contributed by atoms with Crippen molar-refractivity contribution in [3.05, 3.63) is 78.0 Å². The second-order valence-electron chi connectivity index (χ2n) is 5.07. The molecule has 1 amide bonds. The molecule has 0 atom stereocenters. The zero-order valence-electron chi connectivity index (χ0n) is 12.9. The van der Waals surface area contributed by atoms with Crippen molar-refractivity contribution in [1.82, 2.24) is 9.97 Å². The van der Waals surface area contributed by atoms with Gasteiger partial charge in [0, 0.05) is 11.4 Å². The molecule has 1 heterocycles. The molecule has 6 nitrogen and oxygen atoms in total. The molecule has 0 fully saturated rings. The van der Waals surface area contributed by atoms with Crippen molar-refractivity contribution in [2.45, 2.75) is 0 Å². The Bertz CT molecular complexity index is 933. The van der Waals surface area contributed by atoms with Crippen LogP contribution in [0.3, 0.4) is 0 Å². The van der Waals surface area contributed by atoms with E-state index in [-0.39, 0.29) is 11.5 Å². The third-order valence-electron chi connectivity index (χ3n) is 3.25. The SMILES string of the molecule is N#Cc1cccc(Nc2cnc(C(=O)Nc3ccc(F)cc3)cn2)c1. The van der Waals surface area contributed by atoms with Crippen LogP contribution in [-0.2, 0) is 0 Å². The van der Waals surface area contributed by atoms with E-state index in [1.54, 1.807) is 24.3 Å². The topological polar surface area (TPSA) is 90.7 Å². The van der Waals surface area contributed by atoms with Gasteiger partial charge in [0.05, 0.1) is 24.0 Å². The number of rotatable bonds is 4. The van der Waals surface area contributed by atoms with E-state index in [1.165, 1.54) is 36.7 Å². The zero-order valence-corrected chi connectivity index (χ0v) is 12.9. The van der Waals surface area contributed by atoms with E-state index < -0.39 is 5.91 Å². The number of amides is 1. The van der Waals surface area contributed by atoms with Gasteiger partial charge in [-0.1, -0.05) is 6.07 Å². The third kappa shape index (κ3) is 4.14. The standard InChI is InChI=1S/C18H12FN5O/c19-13-4-6-14(7-5-13)24-18(25)16-10-22-17(11-21-16)23-15-3-1-2-12(8-15)9-20/h1-8,10-11H,(H,22,23)(H,24,25). The van der Waals surface area contributed by atoms with Crippen LogP contribution in [0.4, 0.5) is 21.6 Å². The molecule has 3 rings (SSSR count). The Hall–Kier alpha value is -3.79. The highest BCUT2D eigenvalue weighted by atomic mass is 19.1. The lowest BCUT2D eigenvalue weighted by atomic mass is 10.2. The maximum atomic E-state index is 12.9. The van der Waals surface area contributed by atoms with Crippen LogP contribution in [0.2, 0.25) is 0 Å². The first-order valence-electron chi connectivity index (χ1n) is 7.30. The Balaban J connectivity index is 1.68. The fourth-order valence-corrected chi connectivity index (χ4v) is 2.05. The molecule has 0 unspecified atom stereocenters. The number of nitrogens with zero attached hydrogens (tertiary/aromatic N) is 3. The zero-order chi connectivity index (χ0) is 17.6. The molecule has 25 heavy (non-hydrogen) atoms. The van der Waals surface area contributed by atoms with Crippen LogP contribution in [0.15, 0.2) is 60.9 Å². The largest absolute Gasteiger partial charge is 0.339 e. The van der Waals surface area contributed by atoms with Crippen molar-refractivity contribution >= 4 is 23.1 Å². The number of hydrogen-bond acceptors (Lipinski definition) is 5. The number of benzene rings is 2. The molecule has 1 aromatic heterocycles. The minimum absolute atomic E-state index is 0.126. The fraction of sp³-hybridized carbons (Fsp3) is 0. The van der Waals surface area contributed by atoms with Crippen LogP contribution in [0.25, 0.3) is 0 Å². The van der Waals surface area contributed by atoms with Crippen LogP contribution in [0.1, 0.15) is 16.1 Å². The minimum atomic E-state index is -0.447. The summed E-state index contributed by atoms with van der Waals surface area (Å²) in [6, 6.07) is 14.4. The maximum absolute atomic E-state index is 12.9. The molecule has 0 aliphatic heterocycles. The summed E-state index contributed by atoms with van der Waals surface area (Å²) >= 11 is 0. The molecule has 3 aromatic rings. The van der Waals surface area contributed by atoms with Crippen molar-refractivity contribution in [1.29, 1.82) is 5.26 Å². The average Bonchev–Trinajstić information content (AvgIpc) is 2.64. The summed E-state index contributed by atoms with van der Waals surface area (Å²) in [4.78, 5) is 20.3. The van der Waals surface area contributed by atoms with E-state index >= 15 is 0 Å². The Morgan fingerprint density at radius 2 is 1.84 bits per heavy atom. The number of nitrogens with one attached hydrogen (secondary N) is 2. The predicted octanol–water partition coefficient (Wildman–Crippen LogP) is 3.48. The van der Waals surface area contributed by atoms with Gasteiger partial charge in [-0.05, 0) is 42.5 Å². The summed E-state index contributed by atoms with van der Waals surface area (Å²) in [6.07, 6.45) is 2.74. The van der Waals surface area contributed by atoms with Crippen molar-refractivity contribution in [2.75, 3.05) is 10.6 Å². The number of hydrogen-bond donors (Lipinski definition) is 2. The number of anilines is 3. The Labute approximate surface area is 143 Å².